The second-order valence-corrected chi connectivity index (χ2v) is 16.0. The molecule has 3 aliphatic heterocycles. The number of aromatic nitrogens is 8. The largest absolute Gasteiger partial charge is 0.382 e. The van der Waals surface area contributed by atoms with Crippen LogP contribution in [0, 0.1) is 12.3 Å². The fraction of sp³-hybridized carbons (Fsp3) is 0.455. The zero-order chi connectivity index (χ0) is 32.6. The van der Waals surface area contributed by atoms with E-state index in [2.05, 4.69) is 35.8 Å². The van der Waals surface area contributed by atoms with Crippen LogP contribution in [-0.2, 0) is 51.2 Å². The molecule has 3 saturated heterocycles. The summed E-state index contributed by atoms with van der Waals surface area (Å²) in [6.07, 6.45) is 0.988. The molecular formula is C22H23FN10O9P2S2. The van der Waals surface area contributed by atoms with Crippen LogP contribution >= 0.6 is 13.4 Å². The summed E-state index contributed by atoms with van der Waals surface area (Å²) in [5, 5.41) is 0. The number of fused-ring (bicyclic) bond motifs is 5. The van der Waals surface area contributed by atoms with E-state index in [1.165, 1.54) is 21.8 Å². The highest BCUT2D eigenvalue weighted by Crippen LogP contribution is 2.56. The molecule has 244 valence electrons. The molecule has 3 aliphatic rings. The first-order valence-electron chi connectivity index (χ1n) is 13.2. The molecule has 24 heteroatoms. The summed E-state index contributed by atoms with van der Waals surface area (Å²) in [6, 6.07) is 0. The van der Waals surface area contributed by atoms with E-state index in [0.717, 1.165) is 6.33 Å². The third-order valence-corrected chi connectivity index (χ3v) is 10.7. The second kappa shape index (κ2) is 11.3. The van der Waals surface area contributed by atoms with Gasteiger partial charge >= 0.3 is 13.4 Å². The predicted octanol–water partition coefficient (Wildman–Crippen LogP) is -0.0989. The van der Waals surface area contributed by atoms with Gasteiger partial charge in [0, 0.05) is 6.42 Å². The van der Waals surface area contributed by atoms with Crippen molar-refractivity contribution in [1.82, 2.24) is 39.0 Å². The molecule has 3 fully saturated rings. The Morgan fingerprint density at radius 1 is 1.09 bits per heavy atom. The summed E-state index contributed by atoms with van der Waals surface area (Å²) in [5.74, 6) is 2.35. The van der Waals surface area contributed by atoms with Crippen LogP contribution in [0.2, 0.25) is 0 Å². The van der Waals surface area contributed by atoms with Gasteiger partial charge in [0.1, 0.15) is 36.4 Å². The first-order valence-corrected chi connectivity index (χ1v) is 18.4. The van der Waals surface area contributed by atoms with Crippen LogP contribution in [0.1, 0.15) is 18.9 Å². The van der Waals surface area contributed by atoms with Crippen LogP contribution in [-0.4, -0.2) is 92.1 Å². The van der Waals surface area contributed by atoms with Gasteiger partial charge in [0.2, 0.25) is 5.95 Å². The van der Waals surface area contributed by atoms with E-state index in [1.807, 2.05) is 0 Å². The summed E-state index contributed by atoms with van der Waals surface area (Å²) in [4.78, 5) is 57.4. The van der Waals surface area contributed by atoms with Crippen LogP contribution in [0.3, 0.4) is 0 Å². The molecule has 0 spiro atoms. The van der Waals surface area contributed by atoms with Gasteiger partial charge in [0.15, 0.2) is 40.6 Å². The fourth-order valence-corrected chi connectivity index (χ4v) is 8.30. The molecule has 0 aromatic carbocycles. The number of aromatic amines is 1. The Morgan fingerprint density at radius 2 is 1.83 bits per heavy atom. The van der Waals surface area contributed by atoms with Crippen molar-refractivity contribution in [3.63, 3.8) is 0 Å². The van der Waals surface area contributed by atoms with E-state index >= 15 is 4.39 Å². The highest BCUT2D eigenvalue weighted by Gasteiger charge is 2.55. The lowest BCUT2D eigenvalue weighted by Gasteiger charge is -2.32. The number of nitrogens with one attached hydrogen (secondary N) is 1. The zero-order valence-electron chi connectivity index (χ0n) is 23.0. The summed E-state index contributed by atoms with van der Waals surface area (Å²) in [7, 11) is 0. The minimum Gasteiger partial charge on any atom is -0.382 e. The molecule has 19 nitrogen and oxygen atoms in total. The minimum atomic E-state index is -4.36. The van der Waals surface area contributed by atoms with Crippen molar-refractivity contribution in [2.24, 2.45) is 0 Å². The van der Waals surface area contributed by atoms with Gasteiger partial charge in [-0.25, -0.2) is 24.3 Å². The number of imidazole rings is 2. The number of hydrogen-bond acceptors (Lipinski definition) is 16. The van der Waals surface area contributed by atoms with Crippen LogP contribution in [0.15, 0.2) is 23.8 Å². The molecule has 9 atom stereocenters. The Hall–Kier alpha value is -3.03. The molecule has 7 rings (SSSR count). The Morgan fingerprint density at radius 3 is 2.61 bits per heavy atom. The summed E-state index contributed by atoms with van der Waals surface area (Å²) in [6.45, 7) is -9.84. The van der Waals surface area contributed by atoms with Crippen molar-refractivity contribution in [2.75, 3.05) is 24.7 Å². The summed E-state index contributed by atoms with van der Waals surface area (Å²) in [5.41, 5.74) is 9.53. The number of ether oxygens (including phenoxy) is 2. The molecule has 7 heterocycles. The van der Waals surface area contributed by atoms with E-state index in [9.17, 15) is 14.6 Å². The number of halogens is 1. The number of H-pyrrole nitrogens is 1. The van der Waals surface area contributed by atoms with Gasteiger partial charge in [-0.2, -0.15) is 4.98 Å². The first kappa shape index (κ1) is 31.6. The Balaban J connectivity index is 1.23. The fourth-order valence-electron chi connectivity index (χ4n) is 5.43. The number of nitrogen functional groups attached to an aromatic ring is 2. The average molecular weight is 717 g/mol. The smallest absolute Gasteiger partial charge is 0.325 e. The van der Waals surface area contributed by atoms with E-state index in [-0.39, 0.29) is 29.4 Å². The topological polar surface area (TPSA) is 255 Å². The molecule has 46 heavy (non-hydrogen) atoms. The van der Waals surface area contributed by atoms with Gasteiger partial charge in [-0.15, -0.1) is 6.42 Å². The predicted molar refractivity (Wildman–Crippen MR) is 162 cm³/mol. The van der Waals surface area contributed by atoms with Crippen molar-refractivity contribution in [3.05, 3.63) is 29.3 Å². The zero-order valence-corrected chi connectivity index (χ0v) is 26.4. The third kappa shape index (κ3) is 5.41. The Kier molecular flexibility index (Phi) is 7.75. The van der Waals surface area contributed by atoms with Crippen LogP contribution in [0.25, 0.3) is 22.3 Å². The minimum absolute atomic E-state index is 0.0419. The van der Waals surface area contributed by atoms with Crippen molar-refractivity contribution in [2.45, 2.75) is 49.0 Å². The van der Waals surface area contributed by atoms with Crippen molar-refractivity contribution in [1.29, 1.82) is 0 Å². The highest BCUT2D eigenvalue weighted by atomic mass is 32.5. The van der Waals surface area contributed by atoms with Gasteiger partial charge in [-0.3, -0.25) is 23.4 Å². The first-order chi connectivity index (χ1) is 21.8. The monoisotopic (exact) mass is 716 g/mol. The Labute approximate surface area is 266 Å². The molecule has 0 aliphatic carbocycles. The number of hydrogen-bond donors (Lipinski definition) is 5. The number of terminal acetylenes is 1. The summed E-state index contributed by atoms with van der Waals surface area (Å²) >= 11 is 10.5. The standard InChI is InChI=1S/C22H23FN10O9P2S2/c1-2-22-5-38-44(36,46)42-15-12(23)9(39-20(15)33-8-29-14-18(33)30-21(25)31-19(14)34)4-37-43(35,45)41-10(22)3-11(40-22)32-7-28-13-16(24)26-6-27-17(13)32/h1,6-12,15,20H,3-5H2,(H,35,45)(H,36,46)(H2,24,26,27)(H3,25,30,31,34)/t9-,10+,11-,12+,15-,20-,22-,43?,44?/m1/s1. The van der Waals surface area contributed by atoms with E-state index in [1.54, 1.807) is 0 Å². The second-order valence-electron chi connectivity index (χ2n) is 10.4. The number of anilines is 2. The normalized spacial score (nSPS) is 36.9. The van der Waals surface area contributed by atoms with Crippen LogP contribution < -0.4 is 17.0 Å². The molecule has 0 saturated carbocycles. The highest BCUT2D eigenvalue weighted by molar-refractivity contribution is 8.07. The molecule has 0 amide bonds. The Bertz CT molecular complexity index is 2060. The molecule has 2 bridgehead atoms. The van der Waals surface area contributed by atoms with Gasteiger partial charge < -0.3 is 44.3 Å². The average Bonchev–Trinajstić information content (AvgIpc) is 3.76. The van der Waals surface area contributed by atoms with E-state index < -0.39 is 74.8 Å². The van der Waals surface area contributed by atoms with Gasteiger partial charge in [0.05, 0.1) is 25.9 Å². The molecular weight excluding hydrogens is 693 g/mol. The van der Waals surface area contributed by atoms with Crippen molar-refractivity contribution < 1.29 is 41.7 Å². The third-order valence-electron chi connectivity index (χ3n) is 7.57. The summed E-state index contributed by atoms with van der Waals surface area (Å²) < 4.78 is 53.4. The number of nitrogens with zero attached hydrogens (tertiary/aromatic N) is 7. The quantitative estimate of drug-likeness (QED) is 0.134. The maximum absolute atomic E-state index is 16.0. The molecule has 4 aromatic heterocycles. The lowest BCUT2D eigenvalue weighted by Crippen LogP contribution is -2.43. The SMILES string of the molecule is C#C[C@@]12COP(O)(=S)O[C@@H]3[C@@H](F)[C@@H](COP(O)(=S)O[C@H]1C[C@H](n1cnc4c(N)ncnc41)O2)O[C@H]3n1cnc2c(=O)[nH]c(N)nc21. The van der Waals surface area contributed by atoms with Crippen molar-refractivity contribution >= 4 is 71.1 Å². The van der Waals surface area contributed by atoms with Gasteiger partial charge in [0.25, 0.3) is 5.56 Å². The molecule has 0 radical (unpaired) electrons. The van der Waals surface area contributed by atoms with Crippen LogP contribution in [0.5, 0.6) is 0 Å². The van der Waals surface area contributed by atoms with E-state index in [0.29, 0.717) is 11.2 Å². The maximum Gasteiger partial charge on any atom is 0.325 e. The molecule has 7 N–H and O–H groups in total. The van der Waals surface area contributed by atoms with Crippen LogP contribution in [0.4, 0.5) is 16.2 Å². The molecule has 4 aromatic rings. The lowest BCUT2D eigenvalue weighted by atomic mass is 9.99. The number of nitrogens with two attached hydrogens (primary N) is 2. The van der Waals surface area contributed by atoms with Crippen molar-refractivity contribution in [3.8, 4) is 12.3 Å². The molecule has 2 unspecified atom stereocenters. The van der Waals surface area contributed by atoms with E-state index in [4.69, 9.17) is 69.1 Å². The number of rotatable bonds is 2. The number of alkyl halides is 1. The van der Waals surface area contributed by atoms with Gasteiger partial charge in [-0.1, -0.05) is 5.92 Å². The lowest BCUT2D eigenvalue weighted by molar-refractivity contribution is -0.0895. The maximum atomic E-state index is 16.0. The van der Waals surface area contributed by atoms with Gasteiger partial charge in [-0.05, 0) is 23.6 Å².